The summed E-state index contributed by atoms with van der Waals surface area (Å²) < 4.78 is 0. The highest BCUT2D eigenvalue weighted by molar-refractivity contribution is 8.13. The fourth-order valence-corrected chi connectivity index (χ4v) is 3.71. The van der Waals surface area contributed by atoms with E-state index in [9.17, 15) is 0 Å². The van der Waals surface area contributed by atoms with Crippen molar-refractivity contribution in [1.29, 1.82) is 0 Å². The number of thioether (sulfide) groups is 2. The van der Waals surface area contributed by atoms with E-state index >= 15 is 0 Å². The van der Waals surface area contributed by atoms with Crippen LogP contribution in [0.3, 0.4) is 0 Å². The van der Waals surface area contributed by atoms with E-state index in [-0.39, 0.29) is 0 Å². The fraction of sp³-hybridized carbons (Fsp3) is 0.900. The molecule has 0 aromatic carbocycles. The van der Waals surface area contributed by atoms with Gasteiger partial charge in [0.05, 0.1) is 0 Å². The summed E-state index contributed by atoms with van der Waals surface area (Å²) in [7, 11) is 0. The first-order valence-corrected chi connectivity index (χ1v) is 7.50. The molecule has 1 fully saturated rings. The van der Waals surface area contributed by atoms with Crippen LogP contribution in [0.25, 0.3) is 0 Å². The third kappa shape index (κ3) is 3.09. The summed E-state index contributed by atoms with van der Waals surface area (Å²) >= 11 is 3.96. The van der Waals surface area contributed by atoms with Crippen molar-refractivity contribution < 1.29 is 0 Å². The minimum absolute atomic E-state index is 0.674. The Balaban J connectivity index is 1.78. The van der Waals surface area contributed by atoms with Crippen LogP contribution in [0, 0.1) is 5.92 Å². The molecular weight excluding hydrogens is 212 g/mol. The number of amidine groups is 1. The number of hydrogen-bond donors (Lipinski definition) is 1. The lowest BCUT2D eigenvalue weighted by atomic mass is 10.2. The zero-order valence-electron chi connectivity index (χ0n) is 8.66. The summed E-state index contributed by atoms with van der Waals surface area (Å²) in [6.45, 7) is 3.28. The molecule has 0 bridgehead atoms. The quantitative estimate of drug-likeness (QED) is 0.747. The number of aliphatic imine (C=N–C) groups is 1. The van der Waals surface area contributed by atoms with Gasteiger partial charge in [-0.05, 0) is 24.5 Å². The molecule has 0 spiro atoms. The number of nitrogens with zero attached hydrogens (tertiary/aromatic N) is 1. The van der Waals surface area contributed by atoms with Crippen LogP contribution in [0.15, 0.2) is 4.99 Å². The van der Waals surface area contributed by atoms with E-state index in [1.54, 1.807) is 0 Å². The maximum Gasteiger partial charge on any atom is 0.156 e. The summed E-state index contributed by atoms with van der Waals surface area (Å²) in [5, 5.41) is 4.76. The van der Waals surface area contributed by atoms with Crippen molar-refractivity contribution in [2.24, 2.45) is 10.9 Å². The average Bonchev–Trinajstić information content (AvgIpc) is 2.23. The van der Waals surface area contributed by atoms with Gasteiger partial charge in [-0.15, -0.1) is 0 Å². The third-order valence-corrected chi connectivity index (χ3v) is 5.01. The molecule has 80 valence electrons. The van der Waals surface area contributed by atoms with Gasteiger partial charge in [0, 0.05) is 24.1 Å². The molecule has 0 amide bonds. The van der Waals surface area contributed by atoms with Crippen LogP contribution in [0.4, 0.5) is 0 Å². The molecule has 4 heteroatoms. The van der Waals surface area contributed by atoms with Crippen LogP contribution in [-0.4, -0.2) is 35.0 Å². The molecule has 0 radical (unpaired) electrons. The molecule has 0 saturated carbocycles. The first-order chi connectivity index (χ1) is 6.84. The molecule has 0 aliphatic carbocycles. The zero-order valence-corrected chi connectivity index (χ0v) is 10.3. The Bertz CT molecular complexity index is 212. The van der Waals surface area contributed by atoms with Crippen molar-refractivity contribution in [1.82, 2.24) is 5.32 Å². The molecule has 2 aliphatic heterocycles. The summed E-state index contributed by atoms with van der Waals surface area (Å²) in [5.41, 5.74) is 0. The van der Waals surface area contributed by atoms with E-state index in [4.69, 9.17) is 0 Å². The largest absolute Gasteiger partial charge is 0.361 e. The van der Waals surface area contributed by atoms with Gasteiger partial charge < -0.3 is 5.32 Å². The summed E-state index contributed by atoms with van der Waals surface area (Å²) in [6, 6.07) is 0.674. The highest BCUT2D eigenvalue weighted by Gasteiger charge is 2.17. The van der Waals surface area contributed by atoms with Gasteiger partial charge in [-0.3, -0.25) is 4.99 Å². The fourth-order valence-electron chi connectivity index (χ4n) is 1.67. The van der Waals surface area contributed by atoms with Crippen molar-refractivity contribution >= 4 is 28.7 Å². The molecule has 2 unspecified atom stereocenters. The average molecular weight is 230 g/mol. The van der Waals surface area contributed by atoms with Crippen LogP contribution in [0.5, 0.6) is 0 Å². The Morgan fingerprint density at radius 3 is 3.00 bits per heavy atom. The molecule has 0 aromatic rings. The molecule has 2 atom stereocenters. The van der Waals surface area contributed by atoms with Gasteiger partial charge in [0.25, 0.3) is 0 Å². The Morgan fingerprint density at radius 2 is 2.36 bits per heavy atom. The van der Waals surface area contributed by atoms with Crippen LogP contribution >= 0.6 is 23.5 Å². The summed E-state index contributed by atoms with van der Waals surface area (Å²) in [6.07, 6.45) is 2.68. The first kappa shape index (κ1) is 10.7. The normalized spacial score (nSPS) is 33.6. The molecule has 0 aromatic heterocycles. The second-order valence-electron chi connectivity index (χ2n) is 4.12. The highest BCUT2D eigenvalue weighted by Crippen LogP contribution is 2.20. The highest BCUT2D eigenvalue weighted by atomic mass is 32.2. The van der Waals surface area contributed by atoms with E-state index in [1.165, 1.54) is 35.3 Å². The van der Waals surface area contributed by atoms with Gasteiger partial charge in [0.1, 0.15) is 0 Å². The van der Waals surface area contributed by atoms with Gasteiger partial charge in [-0.1, -0.05) is 18.7 Å². The SMILES string of the molecule is CC1CN=C(NC2CCCSC2)SC1. The maximum atomic E-state index is 4.56. The maximum absolute atomic E-state index is 4.56. The number of rotatable bonds is 1. The Hall–Kier alpha value is 0.170. The minimum atomic E-state index is 0.674. The van der Waals surface area contributed by atoms with Crippen molar-refractivity contribution in [3.63, 3.8) is 0 Å². The predicted octanol–water partition coefficient (Wildman–Crippen LogP) is 2.21. The molecule has 2 rings (SSSR count). The van der Waals surface area contributed by atoms with Crippen LogP contribution < -0.4 is 5.32 Å². The summed E-state index contributed by atoms with van der Waals surface area (Å²) in [4.78, 5) is 4.56. The van der Waals surface area contributed by atoms with Crippen LogP contribution in [-0.2, 0) is 0 Å². The van der Waals surface area contributed by atoms with Crippen molar-refractivity contribution in [2.75, 3.05) is 23.8 Å². The van der Waals surface area contributed by atoms with Crippen molar-refractivity contribution in [3.05, 3.63) is 0 Å². The lowest BCUT2D eigenvalue weighted by Gasteiger charge is -2.26. The number of hydrogen-bond acceptors (Lipinski definition) is 4. The van der Waals surface area contributed by atoms with Crippen LogP contribution in [0.1, 0.15) is 19.8 Å². The molecule has 2 nitrogen and oxygen atoms in total. The Labute approximate surface area is 94.7 Å². The summed E-state index contributed by atoms with van der Waals surface area (Å²) in [5.74, 6) is 4.58. The Kier molecular flexibility index (Phi) is 4.05. The van der Waals surface area contributed by atoms with Gasteiger partial charge in [-0.2, -0.15) is 11.8 Å². The topological polar surface area (TPSA) is 24.4 Å². The van der Waals surface area contributed by atoms with E-state index in [2.05, 4.69) is 29.0 Å². The first-order valence-electron chi connectivity index (χ1n) is 5.36. The second-order valence-corrected chi connectivity index (χ2v) is 6.28. The van der Waals surface area contributed by atoms with E-state index in [0.717, 1.165) is 12.5 Å². The molecule has 1 N–H and O–H groups in total. The van der Waals surface area contributed by atoms with Crippen molar-refractivity contribution in [3.8, 4) is 0 Å². The van der Waals surface area contributed by atoms with Crippen LogP contribution in [0.2, 0.25) is 0 Å². The molecule has 2 aliphatic rings. The smallest absolute Gasteiger partial charge is 0.156 e. The van der Waals surface area contributed by atoms with Gasteiger partial charge >= 0.3 is 0 Å². The van der Waals surface area contributed by atoms with E-state index in [0.29, 0.717) is 6.04 Å². The van der Waals surface area contributed by atoms with Gasteiger partial charge in [-0.25, -0.2) is 0 Å². The third-order valence-electron chi connectivity index (χ3n) is 2.54. The lowest BCUT2D eigenvalue weighted by Crippen LogP contribution is -2.38. The zero-order chi connectivity index (χ0) is 9.80. The predicted molar refractivity (Wildman–Crippen MR) is 67.4 cm³/mol. The van der Waals surface area contributed by atoms with E-state index in [1.807, 2.05) is 11.8 Å². The second kappa shape index (κ2) is 5.31. The molecule has 14 heavy (non-hydrogen) atoms. The van der Waals surface area contributed by atoms with E-state index < -0.39 is 0 Å². The monoisotopic (exact) mass is 230 g/mol. The lowest BCUT2D eigenvalue weighted by molar-refractivity contribution is 0.591. The van der Waals surface area contributed by atoms with Crippen molar-refractivity contribution in [2.45, 2.75) is 25.8 Å². The Morgan fingerprint density at radius 1 is 1.43 bits per heavy atom. The minimum Gasteiger partial charge on any atom is -0.361 e. The number of nitrogens with one attached hydrogen (secondary N) is 1. The molecule has 1 saturated heterocycles. The van der Waals surface area contributed by atoms with Gasteiger partial charge in [0.15, 0.2) is 5.17 Å². The molecule has 2 heterocycles. The van der Waals surface area contributed by atoms with Gasteiger partial charge in [0.2, 0.25) is 0 Å². The molecular formula is C10H18N2S2. The standard InChI is InChI=1S/C10H18N2S2/c1-8-5-11-10(14-6-8)12-9-3-2-4-13-7-9/h8-9H,2-7H2,1H3,(H,11,12).